The lowest BCUT2D eigenvalue weighted by Gasteiger charge is -2.23. The Hall–Kier alpha value is -2.69. The number of fused-ring (bicyclic) bond motifs is 3. The number of benzene rings is 2. The van der Waals surface area contributed by atoms with Crippen molar-refractivity contribution in [1.29, 1.82) is 0 Å². The van der Waals surface area contributed by atoms with E-state index in [9.17, 15) is 13.6 Å². The molecule has 1 heterocycles. The molecule has 1 aromatic heterocycles. The van der Waals surface area contributed by atoms with E-state index >= 15 is 0 Å². The Morgan fingerprint density at radius 3 is 2.68 bits per heavy atom. The van der Waals surface area contributed by atoms with Gasteiger partial charge in [0.05, 0.1) is 6.42 Å². The van der Waals surface area contributed by atoms with Crippen molar-refractivity contribution >= 4 is 16.8 Å². The van der Waals surface area contributed by atoms with Crippen molar-refractivity contribution in [3.05, 3.63) is 70.9 Å². The predicted octanol–water partition coefficient (Wildman–Crippen LogP) is 3.66. The van der Waals surface area contributed by atoms with Gasteiger partial charge in [0.1, 0.15) is 11.6 Å². The topological polar surface area (TPSA) is 44.9 Å². The Labute approximate surface area is 144 Å². The summed E-state index contributed by atoms with van der Waals surface area (Å²) in [6.45, 7) is 0. The number of carbonyl (C=O) groups is 1. The van der Waals surface area contributed by atoms with Gasteiger partial charge in [-0.15, -0.1) is 0 Å². The quantitative estimate of drug-likeness (QED) is 0.751. The third kappa shape index (κ3) is 3.27. The van der Waals surface area contributed by atoms with Crippen molar-refractivity contribution in [2.24, 2.45) is 0 Å². The third-order valence-corrected chi connectivity index (χ3v) is 4.79. The van der Waals surface area contributed by atoms with Crippen molar-refractivity contribution in [2.45, 2.75) is 31.7 Å². The summed E-state index contributed by atoms with van der Waals surface area (Å²) in [4.78, 5) is 15.6. The van der Waals surface area contributed by atoms with E-state index in [1.807, 2.05) is 0 Å². The number of hydrogen-bond donors (Lipinski definition) is 2. The fourth-order valence-corrected chi connectivity index (χ4v) is 3.58. The number of aromatic amines is 1. The zero-order chi connectivity index (χ0) is 17.4. The summed E-state index contributed by atoms with van der Waals surface area (Å²) in [7, 11) is 0. The van der Waals surface area contributed by atoms with Crippen LogP contribution in [0.2, 0.25) is 0 Å². The number of aromatic nitrogens is 1. The summed E-state index contributed by atoms with van der Waals surface area (Å²) in [6.07, 6.45) is 2.59. The maximum Gasteiger partial charge on any atom is 0.224 e. The Morgan fingerprint density at radius 1 is 1.12 bits per heavy atom. The van der Waals surface area contributed by atoms with E-state index in [1.165, 1.54) is 18.2 Å². The molecule has 25 heavy (non-hydrogen) atoms. The van der Waals surface area contributed by atoms with E-state index in [0.717, 1.165) is 40.6 Å². The summed E-state index contributed by atoms with van der Waals surface area (Å²) >= 11 is 0. The summed E-state index contributed by atoms with van der Waals surface area (Å²) in [6, 6.07) is 10.7. The van der Waals surface area contributed by atoms with E-state index < -0.39 is 0 Å². The van der Waals surface area contributed by atoms with Gasteiger partial charge >= 0.3 is 0 Å². The number of halogens is 2. The van der Waals surface area contributed by atoms with Gasteiger partial charge in [-0.3, -0.25) is 4.79 Å². The molecule has 0 radical (unpaired) electrons. The van der Waals surface area contributed by atoms with Crippen LogP contribution in [-0.4, -0.2) is 16.9 Å². The summed E-state index contributed by atoms with van der Waals surface area (Å²) in [5, 5.41) is 3.95. The average Bonchev–Trinajstić information content (AvgIpc) is 2.94. The maximum atomic E-state index is 13.6. The predicted molar refractivity (Wildman–Crippen MR) is 92.3 cm³/mol. The Kier molecular flexibility index (Phi) is 3.99. The van der Waals surface area contributed by atoms with Crippen LogP contribution in [0, 0.1) is 11.6 Å². The van der Waals surface area contributed by atoms with Gasteiger partial charge in [-0.1, -0.05) is 12.1 Å². The van der Waals surface area contributed by atoms with Crippen molar-refractivity contribution in [1.82, 2.24) is 10.3 Å². The van der Waals surface area contributed by atoms with E-state index in [4.69, 9.17) is 0 Å². The highest BCUT2D eigenvalue weighted by molar-refractivity contribution is 5.85. The van der Waals surface area contributed by atoms with Crippen molar-refractivity contribution < 1.29 is 13.6 Å². The molecule has 3 nitrogen and oxygen atoms in total. The molecule has 2 aromatic carbocycles. The van der Waals surface area contributed by atoms with Crippen LogP contribution in [0.5, 0.6) is 0 Å². The Bertz CT molecular complexity index is 931. The van der Waals surface area contributed by atoms with Crippen molar-refractivity contribution in [3.63, 3.8) is 0 Å². The first-order valence-corrected chi connectivity index (χ1v) is 8.41. The average molecular weight is 340 g/mol. The maximum absolute atomic E-state index is 13.6. The zero-order valence-electron chi connectivity index (χ0n) is 13.6. The molecule has 5 heteroatoms. The highest BCUT2D eigenvalue weighted by atomic mass is 19.1. The van der Waals surface area contributed by atoms with Crippen LogP contribution in [0.4, 0.5) is 8.78 Å². The molecule has 0 bridgehead atoms. The van der Waals surface area contributed by atoms with E-state index in [1.54, 1.807) is 24.3 Å². The zero-order valence-corrected chi connectivity index (χ0v) is 13.6. The van der Waals surface area contributed by atoms with Crippen LogP contribution in [0.25, 0.3) is 10.9 Å². The van der Waals surface area contributed by atoms with Gasteiger partial charge in [0.15, 0.2) is 0 Å². The number of hydrogen-bond acceptors (Lipinski definition) is 1. The lowest BCUT2D eigenvalue weighted by Crippen LogP contribution is -2.39. The molecule has 1 atom stereocenters. The molecule has 0 saturated heterocycles. The molecule has 1 amide bonds. The van der Waals surface area contributed by atoms with Crippen LogP contribution in [-0.2, 0) is 24.1 Å². The van der Waals surface area contributed by atoms with Crippen LogP contribution in [0.15, 0.2) is 42.5 Å². The van der Waals surface area contributed by atoms with Crippen LogP contribution in [0.1, 0.15) is 23.2 Å². The molecule has 3 aromatic rings. The lowest BCUT2D eigenvalue weighted by atomic mass is 9.91. The lowest BCUT2D eigenvalue weighted by molar-refractivity contribution is -0.121. The molecule has 0 fully saturated rings. The Morgan fingerprint density at radius 2 is 1.88 bits per heavy atom. The van der Waals surface area contributed by atoms with Gasteiger partial charge in [0, 0.05) is 22.6 Å². The number of carbonyl (C=O) groups excluding carboxylic acids is 1. The highest BCUT2D eigenvalue weighted by Crippen LogP contribution is 2.29. The first-order valence-electron chi connectivity index (χ1n) is 8.41. The molecule has 1 aliphatic carbocycles. The van der Waals surface area contributed by atoms with E-state index in [2.05, 4.69) is 10.3 Å². The normalized spacial score (nSPS) is 16.6. The fourth-order valence-electron chi connectivity index (χ4n) is 3.58. The standard InChI is InChI=1S/C20H18F2N2O/c21-13-3-1-12(2-4-13)9-20(25)23-15-6-8-19-17(11-15)16-10-14(22)5-7-18(16)24-19/h1-5,7,10,15,24H,6,8-9,11H2,(H,23,25). The molecule has 1 unspecified atom stereocenters. The minimum Gasteiger partial charge on any atom is -0.358 e. The first-order chi connectivity index (χ1) is 12.1. The van der Waals surface area contributed by atoms with E-state index in [0.29, 0.717) is 6.42 Å². The monoisotopic (exact) mass is 340 g/mol. The molecule has 128 valence electrons. The SMILES string of the molecule is O=C(Cc1ccc(F)cc1)NC1CCc2[nH]c3ccc(F)cc3c2C1. The van der Waals surface area contributed by atoms with Crippen molar-refractivity contribution in [3.8, 4) is 0 Å². The highest BCUT2D eigenvalue weighted by Gasteiger charge is 2.23. The molecule has 0 spiro atoms. The van der Waals surface area contributed by atoms with Crippen LogP contribution >= 0.6 is 0 Å². The van der Waals surface area contributed by atoms with Crippen LogP contribution < -0.4 is 5.32 Å². The molecule has 1 aliphatic rings. The second-order valence-corrected chi connectivity index (χ2v) is 6.58. The second kappa shape index (κ2) is 6.31. The largest absolute Gasteiger partial charge is 0.358 e. The van der Waals surface area contributed by atoms with E-state index in [-0.39, 0.29) is 30.0 Å². The number of nitrogens with one attached hydrogen (secondary N) is 2. The smallest absolute Gasteiger partial charge is 0.224 e. The first kappa shape index (κ1) is 15.8. The van der Waals surface area contributed by atoms with Gasteiger partial charge in [-0.05, 0) is 60.7 Å². The van der Waals surface area contributed by atoms with Gasteiger partial charge < -0.3 is 10.3 Å². The molecule has 4 rings (SSSR count). The minimum atomic E-state index is -0.310. The summed E-state index contributed by atoms with van der Waals surface area (Å²) < 4.78 is 26.5. The van der Waals surface area contributed by atoms with Gasteiger partial charge in [0.2, 0.25) is 5.91 Å². The van der Waals surface area contributed by atoms with Gasteiger partial charge in [-0.2, -0.15) is 0 Å². The molecular formula is C20H18F2N2O. The number of amides is 1. The molecule has 0 aliphatic heterocycles. The fraction of sp³-hybridized carbons (Fsp3) is 0.250. The molecular weight excluding hydrogens is 322 g/mol. The number of H-pyrrole nitrogens is 1. The second-order valence-electron chi connectivity index (χ2n) is 6.58. The number of rotatable bonds is 3. The number of aryl methyl sites for hydroxylation is 1. The Balaban J connectivity index is 1.46. The summed E-state index contributed by atoms with van der Waals surface area (Å²) in [5.41, 5.74) is 3.94. The summed E-state index contributed by atoms with van der Waals surface area (Å²) in [5.74, 6) is -0.640. The van der Waals surface area contributed by atoms with Gasteiger partial charge in [0.25, 0.3) is 0 Å². The third-order valence-electron chi connectivity index (χ3n) is 4.79. The van der Waals surface area contributed by atoms with Crippen LogP contribution in [0.3, 0.4) is 0 Å². The molecule has 2 N–H and O–H groups in total. The molecule has 0 saturated carbocycles. The van der Waals surface area contributed by atoms with Crippen molar-refractivity contribution in [2.75, 3.05) is 0 Å². The minimum absolute atomic E-state index is 0.0303. The van der Waals surface area contributed by atoms with Gasteiger partial charge in [-0.25, -0.2) is 8.78 Å².